The first-order valence-electron chi connectivity index (χ1n) is 6.74. The van der Waals surface area contributed by atoms with E-state index in [2.05, 4.69) is 10.5 Å². The highest BCUT2D eigenvalue weighted by molar-refractivity contribution is 6.39. The highest BCUT2D eigenvalue weighted by atomic mass is 16.5. The molecule has 1 aliphatic heterocycles. The fourth-order valence-corrected chi connectivity index (χ4v) is 1.83. The first-order valence-corrected chi connectivity index (χ1v) is 6.74. The standard InChI is InChI=1S/C13H21N3O4/c1-4-20-12(18)8-16(7-9(2)3)13(19)10-5-6-11(17)15-14-10/h9H,4-8H2,1-3H3,(H,15,17). The summed E-state index contributed by atoms with van der Waals surface area (Å²) in [6.45, 7) is 6.24. The maximum atomic E-state index is 12.3. The predicted molar refractivity (Wildman–Crippen MR) is 72.9 cm³/mol. The van der Waals surface area contributed by atoms with E-state index in [-0.39, 0.29) is 43.0 Å². The number of rotatable bonds is 6. The van der Waals surface area contributed by atoms with Crippen LogP contribution in [0.4, 0.5) is 0 Å². The topological polar surface area (TPSA) is 88.1 Å². The SMILES string of the molecule is CCOC(=O)CN(CC(C)C)C(=O)C1=NNC(=O)CC1. The number of hydrazone groups is 1. The summed E-state index contributed by atoms with van der Waals surface area (Å²) in [5, 5.41) is 3.77. The van der Waals surface area contributed by atoms with Gasteiger partial charge in [-0.05, 0) is 12.8 Å². The van der Waals surface area contributed by atoms with Crippen LogP contribution in [0.15, 0.2) is 5.10 Å². The average molecular weight is 283 g/mol. The van der Waals surface area contributed by atoms with Crippen molar-refractivity contribution in [3.63, 3.8) is 0 Å². The number of nitrogens with one attached hydrogen (secondary N) is 1. The summed E-state index contributed by atoms with van der Waals surface area (Å²) in [5.74, 6) is -0.761. The summed E-state index contributed by atoms with van der Waals surface area (Å²) in [6, 6.07) is 0. The molecule has 2 amide bonds. The molecular formula is C13H21N3O4. The van der Waals surface area contributed by atoms with Gasteiger partial charge in [-0.3, -0.25) is 14.4 Å². The van der Waals surface area contributed by atoms with Crippen molar-refractivity contribution in [2.45, 2.75) is 33.6 Å². The van der Waals surface area contributed by atoms with Gasteiger partial charge >= 0.3 is 5.97 Å². The van der Waals surface area contributed by atoms with Crippen LogP contribution in [0.3, 0.4) is 0 Å². The Morgan fingerprint density at radius 1 is 1.40 bits per heavy atom. The summed E-state index contributed by atoms with van der Waals surface area (Å²) in [5.41, 5.74) is 2.56. The van der Waals surface area contributed by atoms with E-state index in [4.69, 9.17) is 4.74 Å². The summed E-state index contributed by atoms with van der Waals surface area (Å²) in [7, 11) is 0. The molecule has 1 N–H and O–H groups in total. The van der Waals surface area contributed by atoms with Gasteiger partial charge in [-0.25, -0.2) is 5.43 Å². The molecule has 0 saturated heterocycles. The van der Waals surface area contributed by atoms with Crippen LogP contribution in [-0.2, 0) is 19.1 Å². The van der Waals surface area contributed by atoms with Gasteiger partial charge < -0.3 is 9.64 Å². The van der Waals surface area contributed by atoms with Crippen LogP contribution >= 0.6 is 0 Å². The van der Waals surface area contributed by atoms with Gasteiger partial charge in [0.1, 0.15) is 12.3 Å². The van der Waals surface area contributed by atoms with Crippen LogP contribution in [0.5, 0.6) is 0 Å². The lowest BCUT2D eigenvalue weighted by Crippen LogP contribution is -2.44. The van der Waals surface area contributed by atoms with Crippen molar-refractivity contribution in [3.8, 4) is 0 Å². The third-order valence-corrected chi connectivity index (χ3v) is 2.65. The first-order chi connectivity index (χ1) is 9.43. The third kappa shape index (κ3) is 4.99. The maximum absolute atomic E-state index is 12.3. The Balaban J connectivity index is 2.73. The third-order valence-electron chi connectivity index (χ3n) is 2.65. The van der Waals surface area contributed by atoms with Crippen molar-refractivity contribution in [3.05, 3.63) is 0 Å². The summed E-state index contributed by atoms with van der Waals surface area (Å²) < 4.78 is 4.87. The van der Waals surface area contributed by atoms with Gasteiger partial charge in [-0.2, -0.15) is 5.10 Å². The van der Waals surface area contributed by atoms with E-state index < -0.39 is 5.97 Å². The Morgan fingerprint density at radius 3 is 2.60 bits per heavy atom. The van der Waals surface area contributed by atoms with Gasteiger partial charge in [0.2, 0.25) is 5.91 Å². The molecule has 7 heteroatoms. The Hall–Kier alpha value is -1.92. The van der Waals surface area contributed by atoms with E-state index in [1.54, 1.807) is 6.92 Å². The van der Waals surface area contributed by atoms with Crippen LogP contribution < -0.4 is 5.43 Å². The van der Waals surface area contributed by atoms with E-state index in [0.29, 0.717) is 13.0 Å². The molecule has 0 unspecified atom stereocenters. The molecule has 20 heavy (non-hydrogen) atoms. The first kappa shape index (κ1) is 16.1. The molecule has 1 aliphatic rings. The lowest BCUT2D eigenvalue weighted by Gasteiger charge is -2.25. The molecule has 0 aromatic rings. The van der Waals surface area contributed by atoms with Crippen LogP contribution in [-0.4, -0.2) is 48.1 Å². The zero-order valence-corrected chi connectivity index (χ0v) is 12.1. The zero-order valence-electron chi connectivity index (χ0n) is 12.1. The Kier molecular flexibility index (Phi) is 6.14. The Bertz CT molecular complexity index is 418. The molecule has 0 aromatic heterocycles. The van der Waals surface area contributed by atoms with Gasteiger partial charge in [-0.1, -0.05) is 13.8 Å². The summed E-state index contributed by atoms with van der Waals surface area (Å²) >= 11 is 0. The molecule has 7 nitrogen and oxygen atoms in total. The molecule has 0 spiro atoms. The minimum Gasteiger partial charge on any atom is -0.465 e. The molecule has 0 saturated carbocycles. The van der Waals surface area contributed by atoms with Crippen molar-refractivity contribution in [1.29, 1.82) is 0 Å². The normalized spacial score (nSPS) is 14.6. The zero-order chi connectivity index (χ0) is 15.1. The molecule has 0 radical (unpaired) electrons. The Morgan fingerprint density at radius 2 is 2.10 bits per heavy atom. The molecule has 1 heterocycles. The van der Waals surface area contributed by atoms with E-state index in [1.807, 2.05) is 13.8 Å². The number of carbonyl (C=O) groups is 3. The van der Waals surface area contributed by atoms with Crippen LogP contribution in [0.2, 0.25) is 0 Å². The fraction of sp³-hybridized carbons (Fsp3) is 0.692. The van der Waals surface area contributed by atoms with Crippen molar-refractivity contribution in [2.24, 2.45) is 11.0 Å². The van der Waals surface area contributed by atoms with Gasteiger partial charge in [0.25, 0.3) is 5.91 Å². The van der Waals surface area contributed by atoms with Gasteiger partial charge in [0.05, 0.1) is 6.61 Å². The smallest absolute Gasteiger partial charge is 0.325 e. The Labute approximate surface area is 118 Å². The average Bonchev–Trinajstić information content (AvgIpc) is 2.38. The number of hydrogen-bond acceptors (Lipinski definition) is 5. The summed E-state index contributed by atoms with van der Waals surface area (Å²) in [4.78, 5) is 36.3. The van der Waals surface area contributed by atoms with Crippen LogP contribution in [0.25, 0.3) is 0 Å². The molecule has 0 fully saturated rings. The van der Waals surface area contributed by atoms with E-state index in [1.165, 1.54) is 4.90 Å². The number of nitrogens with zero attached hydrogens (tertiary/aromatic N) is 2. The van der Waals surface area contributed by atoms with Crippen LogP contribution in [0, 0.1) is 5.92 Å². The van der Waals surface area contributed by atoms with E-state index >= 15 is 0 Å². The van der Waals surface area contributed by atoms with Gasteiger partial charge in [-0.15, -0.1) is 0 Å². The quantitative estimate of drug-likeness (QED) is 0.710. The number of ether oxygens (including phenoxy) is 1. The molecule has 0 aliphatic carbocycles. The molecule has 0 aromatic carbocycles. The van der Waals surface area contributed by atoms with Crippen molar-refractivity contribution >= 4 is 23.5 Å². The minimum absolute atomic E-state index is 0.0994. The number of hydrogen-bond donors (Lipinski definition) is 1. The van der Waals surface area contributed by atoms with Crippen molar-refractivity contribution in [1.82, 2.24) is 10.3 Å². The number of esters is 1. The van der Waals surface area contributed by atoms with Crippen molar-refractivity contribution in [2.75, 3.05) is 19.7 Å². The van der Waals surface area contributed by atoms with Crippen molar-refractivity contribution < 1.29 is 19.1 Å². The predicted octanol–water partition coefficient (Wildman–Crippen LogP) is 0.300. The molecule has 1 rings (SSSR count). The summed E-state index contributed by atoms with van der Waals surface area (Å²) in [6.07, 6.45) is 0.529. The molecule has 0 bridgehead atoms. The number of carbonyl (C=O) groups excluding carboxylic acids is 3. The van der Waals surface area contributed by atoms with E-state index in [9.17, 15) is 14.4 Å². The second-order valence-electron chi connectivity index (χ2n) is 4.98. The fourth-order valence-electron chi connectivity index (χ4n) is 1.83. The molecule has 0 atom stereocenters. The highest BCUT2D eigenvalue weighted by Crippen LogP contribution is 2.07. The number of amides is 2. The molecule has 112 valence electrons. The second kappa shape index (κ2) is 7.62. The van der Waals surface area contributed by atoms with Crippen LogP contribution in [0.1, 0.15) is 33.6 Å². The van der Waals surface area contributed by atoms with Gasteiger partial charge in [0, 0.05) is 19.4 Å². The van der Waals surface area contributed by atoms with Gasteiger partial charge in [0.15, 0.2) is 0 Å². The van der Waals surface area contributed by atoms with E-state index in [0.717, 1.165) is 0 Å². The highest BCUT2D eigenvalue weighted by Gasteiger charge is 2.26. The lowest BCUT2D eigenvalue weighted by atomic mass is 10.1. The largest absolute Gasteiger partial charge is 0.465 e. The molecular weight excluding hydrogens is 262 g/mol. The monoisotopic (exact) mass is 283 g/mol. The maximum Gasteiger partial charge on any atom is 0.325 e. The minimum atomic E-state index is -0.443. The lowest BCUT2D eigenvalue weighted by molar-refractivity contribution is -0.147. The second-order valence-corrected chi connectivity index (χ2v) is 4.98.